The summed E-state index contributed by atoms with van der Waals surface area (Å²) in [6, 6.07) is 0. The third-order valence-corrected chi connectivity index (χ3v) is 6.77. The molecule has 1 aliphatic carbocycles. The Bertz CT molecular complexity index is 728. The Hall–Kier alpha value is -1.61. The number of unbranched alkanes of at least 4 members (excludes halogenated alkanes) is 1. The number of carbonyl (C=O) groups is 1. The monoisotopic (exact) mass is 458 g/mol. The fraction of sp³-hybridized carbons (Fsp3) is 0.700. The third-order valence-electron chi connectivity index (χ3n) is 6.77. The van der Waals surface area contributed by atoms with Gasteiger partial charge in [-0.25, -0.2) is 0 Å². The molecule has 1 fully saturated rings. The van der Waals surface area contributed by atoms with Gasteiger partial charge in [-0.1, -0.05) is 63.1 Å². The molecule has 0 aliphatic heterocycles. The Balaban J connectivity index is 2.59. The molecule has 1 aliphatic rings. The first-order valence-electron chi connectivity index (χ1n) is 13.0. The highest BCUT2D eigenvalue weighted by atomic mass is 16.5. The Labute approximate surface area is 204 Å². The first-order valence-corrected chi connectivity index (χ1v) is 13.0. The van der Waals surface area contributed by atoms with Crippen LogP contribution >= 0.6 is 0 Å². The van der Waals surface area contributed by atoms with Crippen molar-refractivity contribution >= 4 is 5.97 Å². The lowest BCUT2D eigenvalue weighted by atomic mass is 9.76. The van der Waals surface area contributed by atoms with Crippen molar-refractivity contribution in [2.45, 2.75) is 131 Å². The molecule has 3 heteroatoms. The maximum absolute atomic E-state index is 11.3. The largest absolute Gasteiger partial charge is 0.458 e. The van der Waals surface area contributed by atoms with E-state index in [9.17, 15) is 9.90 Å². The Morgan fingerprint density at radius 1 is 1.12 bits per heavy atom. The Morgan fingerprint density at radius 3 is 2.42 bits per heavy atom. The van der Waals surface area contributed by atoms with Crippen molar-refractivity contribution in [1.82, 2.24) is 0 Å². The maximum atomic E-state index is 11.3. The van der Waals surface area contributed by atoms with Gasteiger partial charge in [-0.2, -0.15) is 0 Å². The van der Waals surface area contributed by atoms with Crippen LogP contribution in [0.15, 0.2) is 47.1 Å². The molecule has 0 aromatic heterocycles. The van der Waals surface area contributed by atoms with Gasteiger partial charge in [0.05, 0.1) is 5.60 Å². The summed E-state index contributed by atoms with van der Waals surface area (Å²) in [5, 5.41) is 9.95. The SMILES string of the molecule is C=C1/C(=C\C=C(\C)CCCC(C)(C)/C(=C\CC)CCCCC(C)(C)O)CCCC1OC(C)=O. The predicted molar refractivity (Wildman–Crippen MR) is 141 cm³/mol. The minimum atomic E-state index is -0.561. The van der Waals surface area contributed by atoms with Crippen LogP contribution in [0, 0.1) is 5.41 Å². The molecule has 0 bridgehead atoms. The van der Waals surface area contributed by atoms with E-state index in [1.165, 1.54) is 30.9 Å². The van der Waals surface area contributed by atoms with Gasteiger partial charge in [0, 0.05) is 6.92 Å². The third kappa shape index (κ3) is 11.9. The molecule has 0 radical (unpaired) electrons. The Morgan fingerprint density at radius 2 is 1.82 bits per heavy atom. The molecule has 0 amide bonds. The molecule has 1 rings (SSSR count). The van der Waals surface area contributed by atoms with Crippen LogP contribution < -0.4 is 0 Å². The molecule has 3 nitrogen and oxygen atoms in total. The maximum Gasteiger partial charge on any atom is 0.303 e. The van der Waals surface area contributed by atoms with E-state index in [2.05, 4.69) is 52.5 Å². The van der Waals surface area contributed by atoms with Gasteiger partial charge in [-0.3, -0.25) is 4.79 Å². The number of aliphatic hydroxyl groups is 1. The van der Waals surface area contributed by atoms with Crippen LogP contribution in [0.3, 0.4) is 0 Å². The summed E-state index contributed by atoms with van der Waals surface area (Å²) in [5.74, 6) is -0.231. The first kappa shape index (κ1) is 29.4. The second-order valence-corrected chi connectivity index (χ2v) is 11.1. The Kier molecular flexibility index (Phi) is 12.4. The lowest BCUT2D eigenvalue weighted by molar-refractivity contribution is -0.145. The average Bonchev–Trinajstić information content (AvgIpc) is 2.69. The van der Waals surface area contributed by atoms with Crippen LogP contribution in [-0.2, 0) is 9.53 Å². The van der Waals surface area contributed by atoms with Gasteiger partial charge in [0.1, 0.15) is 6.10 Å². The zero-order valence-electron chi connectivity index (χ0n) is 22.6. The van der Waals surface area contributed by atoms with Gasteiger partial charge in [-0.05, 0) is 102 Å². The highest BCUT2D eigenvalue weighted by molar-refractivity contribution is 5.66. The highest BCUT2D eigenvalue weighted by Gasteiger charge is 2.24. The second kappa shape index (κ2) is 13.9. The smallest absolute Gasteiger partial charge is 0.303 e. The number of rotatable bonds is 13. The lowest BCUT2D eigenvalue weighted by Gasteiger charge is -2.29. The normalized spacial score (nSPS) is 19.8. The molecule has 0 aromatic rings. The summed E-state index contributed by atoms with van der Waals surface area (Å²) >= 11 is 0. The highest BCUT2D eigenvalue weighted by Crippen LogP contribution is 2.36. The van der Waals surface area contributed by atoms with Gasteiger partial charge in [0.2, 0.25) is 0 Å². The molecule has 1 atom stereocenters. The van der Waals surface area contributed by atoms with E-state index in [0.717, 1.165) is 63.4 Å². The molecule has 0 heterocycles. The van der Waals surface area contributed by atoms with Crippen molar-refractivity contribution in [3.05, 3.63) is 47.1 Å². The summed E-state index contributed by atoms with van der Waals surface area (Å²) in [5.41, 5.74) is 4.77. The van der Waals surface area contributed by atoms with E-state index in [1.807, 2.05) is 13.8 Å². The topological polar surface area (TPSA) is 46.5 Å². The minimum absolute atomic E-state index is 0.163. The van der Waals surface area contributed by atoms with E-state index in [1.54, 1.807) is 5.57 Å². The van der Waals surface area contributed by atoms with Crippen LogP contribution in [0.2, 0.25) is 0 Å². The van der Waals surface area contributed by atoms with E-state index < -0.39 is 5.60 Å². The molecule has 1 N–H and O–H groups in total. The van der Waals surface area contributed by atoms with Gasteiger partial charge >= 0.3 is 5.97 Å². The number of ether oxygens (including phenoxy) is 1. The summed E-state index contributed by atoms with van der Waals surface area (Å²) in [7, 11) is 0. The number of esters is 1. The van der Waals surface area contributed by atoms with Crippen LogP contribution in [0.4, 0.5) is 0 Å². The molecule has 0 spiro atoms. The van der Waals surface area contributed by atoms with Crippen molar-refractivity contribution in [2.75, 3.05) is 0 Å². The fourth-order valence-corrected chi connectivity index (χ4v) is 4.67. The number of carbonyl (C=O) groups excluding carboxylic acids is 1. The molecule has 1 saturated carbocycles. The van der Waals surface area contributed by atoms with Crippen LogP contribution in [-0.4, -0.2) is 22.8 Å². The van der Waals surface area contributed by atoms with Gasteiger partial charge < -0.3 is 9.84 Å². The lowest BCUT2D eigenvalue weighted by Crippen LogP contribution is -2.23. The second-order valence-electron chi connectivity index (χ2n) is 11.1. The number of hydrogen-bond acceptors (Lipinski definition) is 3. The van der Waals surface area contributed by atoms with Crippen molar-refractivity contribution in [3.63, 3.8) is 0 Å². The summed E-state index contributed by atoms with van der Waals surface area (Å²) in [6.45, 7) is 18.6. The van der Waals surface area contributed by atoms with Crippen LogP contribution in [0.1, 0.15) is 119 Å². The van der Waals surface area contributed by atoms with Crippen molar-refractivity contribution in [3.8, 4) is 0 Å². The van der Waals surface area contributed by atoms with Gasteiger partial charge in [0.15, 0.2) is 0 Å². The molecule has 33 heavy (non-hydrogen) atoms. The van der Waals surface area contributed by atoms with Crippen molar-refractivity contribution in [1.29, 1.82) is 0 Å². The van der Waals surface area contributed by atoms with E-state index in [4.69, 9.17) is 4.74 Å². The van der Waals surface area contributed by atoms with Gasteiger partial charge in [0.25, 0.3) is 0 Å². The van der Waals surface area contributed by atoms with Crippen LogP contribution in [0.25, 0.3) is 0 Å². The van der Waals surface area contributed by atoms with E-state index in [-0.39, 0.29) is 17.5 Å². The minimum Gasteiger partial charge on any atom is -0.458 e. The van der Waals surface area contributed by atoms with E-state index >= 15 is 0 Å². The summed E-state index contributed by atoms with van der Waals surface area (Å²) in [6.07, 6.45) is 18.3. The molecular weight excluding hydrogens is 408 g/mol. The fourth-order valence-electron chi connectivity index (χ4n) is 4.67. The first-order chi connectivity index (χ1) is 15.4. The zero-order valence-corrected chi connectivity index (χ0v) is 22.6. The predicted octanol–water partition coefficient (Wildman–Crippen LogP) is 8.40. The molecular formula is C30H50O3. The van der Waals surface area contributed by atoms with Crippen molar-refractivity contribution in [2.24, 2.45) is 5.41 Å². The molecule has 1 unspecified atom stereocenters. The van der Waals surface area contributed by atoms with Gasteiger partial charge in [-0.15, -0.1) is 0 Å². The zero-order chi connectivity index (χ0) is 25.1. The molecule has 0 aromatic carbocycles. The molecule has 0 saturated heterocycles. The summed E-state index contributed by atoms with van der Waals surface area (Å²) < 4.78 is 5.42. The number of allylic oxidation sites excluding steroid dienone is 5. The van der Waals surface area contributed by atoms with Crippen LogP contribution in [0.5, 0.6) is 0 Å². The summed E-state index contributed by atoms with van der Waals surface area (Å²) in [4.78, 5) is 11.3. The molecule has 188 valence electrons. The van der Waals surface area contributed by atoms with Crippen molar-refractivity contribution < 1.29 is 14.6 Å². The quantitative estimate of drug-likeness (QED) is 0.171. The average molecular weight is 459 g/mol. The number of hydrogen-bond donors (Lipinski definition) is 1. The standard InChI is InChI=1S/C30H50O3/c1-9-14-27(17-10-11-22-30(7,8)32)29(5,6)21-13-15-23(2)19-20-26-16-12-18-28(24(26)3)33-25(4)31/h14,19-20,28,32H,3,9-13,15-18,21-22H2,1-2,4-8H3/b23-19-,26-20-,27-14-. The van der Waals surface area contributed by atoms with E-state index in [0.29, 0.717) is 0 Å².